The third kappa shape index (κ3) is 2.33. The van der Waals surface area contributed by atoms with E-state index in [9.17, 15) is 0 Å². The molecular weight excluding hydrogens is 188 g/mol. The fourth-order valence-electron chi connectivity index (χ4n) is 1.45. The highest BCUT2D eigenvalue weighted by Crippen LogP contribution is 2.04. The zero-order chi connectivity index (χ0) is 10.8. The Morgan fingerprint density at radius 2 is 2.27 bits per heavy atom. The summed E-state index contributed by atoms with van der Waals surface area (Å²) in [5, 5.41) is 7.68. The lowest BCUT2D eigenvalue weighted by atomic mass is 10.3. The van der Waals surface area contributed by atoms with Crippen molar-refractivity contribution in [2.75, 3.05) is 0 Å². The number of rotatable bonds is 3. The number of fused-ring (bicyclic) bond motifs is 1. The highest BCUT2D eigenvalue weighted by molar-refractivity contribution is 5.38. The molecule has 0 saturated carbocycles. The van der Waals surface area contributed by atoms with Crippen molar-refractivity contribution < 1.29 is 0 Å². The summed E-state index contributed by atoms with van der Waals surface area (Å²) in [5.41, 5.74) is 3.05. The smallest absolute Gasteiger partial charge is 0.155 e. The van der Waals surface area contributed by atoms with Crippen molar-refractivity contribution in [3.8, 4) is 0 Å². The van der Waals surface area contributed by atoms with E-state index in [4.69, 9.17) is 0 Å². The van der Waals surface area contributed by atoms with Crippen LogP contribution < -0.4 is 5.32 Å². The van der Waals surface area contributed by atoms with Gasteiger partial charge in [-0.3, -0.25) is 0 Å². The summed E-state index contributed by atoms with van der Waals surface area (Å²) < 4.78 is 1.83. The van der Waals surface area contributed by atoms with Crippen molar-refractivity contribution in [2.45, 2.75) is 33.4 Å². The van der Waals surface area contributed by atoms with Crippen molar-refractivity contribution >= 4 is 5.65 Å². The monoisotopic (exact) mass is 204 g/mol. The summed E-state index contributed by atoms with van der Waals surface area (Å²) in [6.45, 7) is 7.06. The van der Waals surface area contributed by atoms with Crippen molar-refractivity contribution in [1.82, 2.24) is 19.9 Å². The molecule has 0 unspecified atom stereocenters. The van der Waals surface area contributed by atoms with E-state index in [1.807, 2.05) is 29.9 Å². The Morgan fingerprint density at radius 1 is 1.47 bits per heavy atom. The van der Waals surface area contributed by atoms with Gasteiger partial charge in [0.05, 0.1) is 5.69 Å². The van der Waals surface area contributed by atoms with Crippen LogP contribution in [0, 0.1) is 6.92 Å². The maximum Gasteiger partial charge on any atom is 0.155 e. The van der Waals surface area contributed by atoms with Gasteiger partial charge in [0.15, 0.2) is 5.65 Å². The zero-order valence-electron chi connectivity index (χ0n) is 9.36. The van der Waals surface area contributed by atoms with Crippen LogP contribution >= 0.6 is 0 Å². The predicted octanol–water partition coefficient (Wildman–Crippen LogP) is 1.54. The Labute approximate surface area is 89.3 Å². The number of nitrogens with one attached hydrogen (secondary N) is 1. The Hall–Kier alpha value is -1.42. The molecule has 0 atom stereocenters. The van der Waals surface area contributed by atoms with Crippen molar-refractivity contribution in [2.24, 2.45) is 0 Å². The van der Waals surface area contributed by atoms with Gasteiger partial charge >= 0.3 is 0 Å². The first-order chi connectivity index (χ1) is 7.15. The van der Waals surface area contributed by atoms with Gasteiger partial charge in [0, 0.05) is 36.6 Å². The molecule has 4 nitrogen and oxygen atoms in total. The molecule has 0 aliphatic carbocycles. The number of aryl methyl sites for hydroxylation is 1. The average Bonchev–Trinajstić information content (AvgIpc) is 2.53. The summed E-state index contributed by atoms with van der Waals surface area (Å²) in [5.74, 6) is 0. The third-order valence-corrected chi connectivity index (χ3v) is 2.20. The molecule has 2 heterocycles. The molecule has 0 fully saturated rings. The molecule has 0 bridgehead atoms. The van der Waals surface area contributed by atoms with Crippen molar-refractivity contribution in [1.29, 1.82) is 0 Å². The van der Waals surface area contributed by atoms with E-state index in [1.54, 1.807) is 0 Å². The number of hydrogen-bond acceptors (Lipinski definition) is 3. The maximum absolute atomic E-state index is 4.34. The molecule has 2 aromatic heterocycles. The van der Waals surface area contributed by atoms with Gasteiger partial charge in [-0.15, -0.1) is 0 Å². The molecule has 0 aliphatic rings. The molecule has 1 N–H and O–H groups in total. The van der Waals surface area contributed by atoms with Crippen LogP contribution in [0.1, 0.15) is 25.1 Å². The summed E-state index contributed by atoms with van der Waals surface area (Å²) in [7, 11) is 0. The van der Waals surface area contributed by atoms with Crippen LogP contribution in [0.2, 0.25) is 0 Å². The molecule has 0 radical (unpaired) electrons. The first-order valence-electron chi connectivity index (χ1n) is 5.19. The van der Waals surface area contributed by atoms with E-state index < -0.39 is 0 Å². The van der Waals surface area contributed by atoms with Gasteiger partial charge in [0.2, 0.25) is 0 Å². The summed E-state index contributed by atoms with van der Waals surface area (Å²) in [6, 6.07) is 2.46. The van der Waals surface area contributed by atoms with E-state index in [2.05, 4.69) is 29.2 Å². The van der Waals surface area contributed by atoms with Crippen LogP contribution in [0.5, 0.6) is 0 Å². The molecule has 0 spiro atoms. The quantitative estimate of drug-likeness (QED) is 0.824. The molecule has 15 heavy (non-hydrogen) atoms. The number of aromatic nitrogens is 3. The average molecular weight is 204 g/mol. The van der Waals surface area contributed by atoms with Crippen LogP contribution in [0.25, 0.3) is 5.65 Å². The SMILES string of the molecule is Cc1cc2ncc(CNC(C)C)cn2n1. The molecule has 2 aromatic rings. The van der Waals surface area contributed by atoms with E-state index in [-0.39, 0.29) is 0 Å². The van der Waals surface area contributed by atoms with Gasteiger partial charge < -0.3 is 5.32 Å². The fraction of sp³-hybridized carbons (Fsp3) is 0.455. The molecule has 4 heteroatoms. The van der Waals surface area contributed by atoms with E-state index in [1.165, 1.54) is 0 Å². The van der Waals surface area contributed by atoms with Gasteiger partial charge in [0.25, 0.3) is 0 Å². The third-order valence-electron chi connectivity index (χ3n) is 2.20. The van der Waals surface area contributed by atoms with Crippen molar-refractivity contribution in [3.05, 3.63) is 29.7 Å². The molecular formula is C11H16N4. The highest BCUT2D eigenvalue weighted by Gasteiger charge is 2.01. The van der Waals surface area contributed by atoms with Gasteiger partial charge in [-0.05, 0) is 6.92 Å². The highest BCUT2D eigenvalue weighted by atomic mass is 15.2. The Balaban J connectivity index is 2.22. The normalized spacial score (nSPS) is 11.5. The molecule has 0 amide bonds. The van der Waals surface area contributed by atoms with E-state index >= 15 is 0 Å². The predicted molar refractivity (Wildman–Crippen MR) is 59.7 cm³/mol. The van der Waals surface area contributed by atoms with Crippen LogP contribution in [0.15, 0.2) is 18.5 Å². The zero-order valence-corrected chi connectivity index (χ0v) is 9.36. The first-order valence-corrected chi connectivity index (χ1v) is 5.19. The van der Waals surface area contributed by atoms with Crippen LogP contribution in [0.4, 0.5) is 0 Å². The lowest BCUT2D eigenvalue weighted by Crippen LogP contribution is -2.22. The second kappa shape index (κ2) is 3.98. The minimum Gasteiger partial charge on any atom is -0.310 e. The van der Waals surface area contributed by atoms with Crippen molar-refractivity contribution in [3.63, 3.8) is 0 Å². The summed E-state index contributed by atoms with van der Waals surface area (Å²) in [6.07, 6.45) is 3.91. The topological polar surface area (TPSA) is 42.2 Å². The minimum absolute atomic E-state index is 0.486. The van der Waals surface area contributed by atoms with Crippen LogP contribution in [-0.2, 0) is 6.54 Å². The van der Waals surface area contributed by atoms with Gasteiger partial charge in [0.1, 0.15) is 0 Å². The Bertz CT molecular complexity index is 459. The lowest BCUT2D eigenvalue weighted by molar-refractivity contribution is 0.586. The number of hydrogen-bond donors (Lipinski definition) is 1. The first kappa shape index (κ1) is 10.1. The molecule has 80 valence electrons. The maximum atomic E-state index is 4.34. The van der Waals surface area contributed by atoms with E-state index in [0.717, 1.165) is 23.4 Å². The fourth-order valence-corrected chi connectivity index (χ4v) is 1.45. The molecule has 0 aromatic carbocycles. The van der Waals surface area contributed by atoms with Gasteiger partial charge in [-0.1, -0.05) is 13.8 Å². The lowest BCUT2D eigenvalue weighted by Gasteiger charge is -2.07. The number of nitrogens with zero attached hydrogens (tertiary/aromatic N) is 3. The molecule has 2 rings (SSSR count). The summed E-state index contributed by atoms with van der Waals surface area (Å²) in [4.78, 5) is 4.34. The largest absolute Gasteiger partial charge is 0.310 e. The van der Waals surface area contributed by atoms with Crippen LogP contribution in [-0.4, -0.2) is 20.6 Å². The van der Waals surface area contributed by atoms with Crippen LogP contribution in [0.3, 0.4) is 0 Å². The molecule has 0 saturated heterocycles. The Kier molecular flexibility index (Phi) is 2.68. The van der Waals surface area contributed by atoms with Gasteiger partial charge in [-0.25, -0.2) is 9.50 Å². The molecule has 0 aliphatic heterocycles. The Morgan fingerprint density at radius 3 is 3.00 bits per heavy atom. The summed E-state index contributed by atoms with van der Waals surface area (Å²) >= 11 is 0. The minimum atomic E-state index is 0.486. The van der Waals surface area contributed by atoms with E-state index in [0.29, 0.717) is 6.04 Å². The second-order valence-corrected chi connectivity index (χ2v) is 4.09. The standard InChI is InChI=1S/C11H16N4/c1-8(2)12-5-10-6-13-11-4-9(3)14-15(11)7-10/h4,6-8,12H,5H2,1-3H3. The second-order valence-electron chi connectivity index (χ2n) is 4.09. The van der Waals surface area contributed by atoms with Gasteiger partial charge in [-0.2, -0.15) is 5.10 Å².